The number of furan rings is 1. The van der Waals surface area contributed by atoms with Crippen molar-refractivity contribution >= 4 is 17.6 Å². The van der Waals surface area contributed by atoms with Gasteiger partial charge in [0.1, 0.15) is 11.5 Å². The fourth-order valence-electron chi connectivity index (χ4n) is 4.00. The smallest absolute Gasteiger partial charge is 0.305 e. The highest BCUT2D eigenvalue weighted by molar-refractivity contribution is 5.94. The molecule has 4 rings (SSSR count). The van der Waals surface area contributed by atoms with Crippen LogP contribution in [0.2, 0.25) is 0 Å². The van der Waals surface area contributed by atoms with E-state index in [9.17, 15) is 9.59 Å². The lowest BCUT2D eigenvalue weighted by molar-refractivity contribution is -0.136. The zero-order valence-corrected chi connectivity index (χ0v) is 18.8. The molecule has 1 heterocycles. The van der Waals surface area contributed by atoms with Crippen molar-refractivity contribution in [2.75, 3.05) is 11.9 Å². The summed E-state index contributed by atoms with van der Waals surface area (Å²) >= 11 is 0. The Morgan fingerprint density at radius 2 is 1.82 bits per heavy atom. The molecule has 6 heteroatoms. The summed E-state index contributed by atoms with van der Waals surface area (Å²) in [6, 6.07) is 19.8. The Bertz CT molecular complexity index is 1090. The lowest BCUT2D eigenvalue weighted by Gasteiger charge is -2.20. The van der Waals surface area contributed by atoms with Crippen LogP contribution in [-0.4, -0.2) is 23.5 Å². The quantitative estimate of drug-likeness (QED) is 0.337. The third-order valence-electron chi connectivity index (χ3n) is 5.86. The van der Waals surface area contributed by atoms with E-state index in [0.717, 1.165) is 35.6 Å². The molecule has 0 bridgehead atoms. The monoisotopic (exact) mass is 446 g/mol. The Kier molecular flexibility index (Phi) is 7.13. The summed E-state index contributed by atoms with van der Waals surface area (Å²) in [4.78, 5) is 22.8. The van der Waals surface area contributed by atoms with E-state index in [1.165, 1.54) is 18.4 Å². The molecule has 0 spiro atoms. The first kappa shape index (κ1) is 22.6. The number of carbonyl (C=O) groups excluding carboxylic acids is 1. The lowest BCUT2D eigenvalue weighted by atomic mass is 9.99. The summed E-state index contributed by atoms with van der Waals surface area (Å²) in [5.41, 5.74) is 3.74. The molecule has 1 fully saturated rings. The van der Waals surface area contributed by atoms with Gasteiger partial charge >= 0.3 is 5.97 Å². The van der Waals surface area contributed by atoms with Crippen LogP contribution in [0.15, 0.2) is 65.1 Å². The largest absolute Gasteiger partial charge is 0.481 e. The summed E-state index contributed by atoms with van der Waals surface area (Å²) in [6.45, 7) is 2.29. The minimum atomic E-state index is -0.933. The van der Waals surface area contributed by atoms with Crippen molar-refractivity contribution in [2.24, 2.45) is 0 Å². The van der Waals surface area contributed by atoms with Crippen molar-refractivity contribution in [3.05, 3.63) is 77.6 Å². The van der Waals surface area contributed by atoms with Crippen LogP contribution in [0.3, 0.4) is 0 Å². The second-order valence-electron chi connectivity index (χ2n) is 8.53. The number of carboxylic acid groups (broad SMARTS) is 1. The standard InChI is InChI=1S/C27H30N2O4/c1-2-6-23(29-21-13-11-20(12-14-21)27(32)28-16-15-25(30)31)22-17-24(18-7-4-3-5-8-18)33-26(22)19-9-10-19/h3-5,7-8,11-14,17,19,23,29H,2,6,9-10,15-16H2,1H3,(H,28,32)(H,30,31). The zero-order chi connectivity index (χ0) is 23.2. The van der Waals surface area contributed by atoms with E-state index in [1.807, 2.05) is 30.3 Å². The number of hydrogen-bond donors (Lipinski definition) is 3. The Morgan fingerprint density at radius 1 is 1.09 bits per heavy atom. The Hall–Kier alpha value is -3.54. The third kappa shape index (κ3) is 5.83. The van der Waals surface area contributed by atoms with E-state index in [1.54, 1.807) is 12.1 Å². The van der Waals surface area contributed by atoms with Gasteiger partial charge in [0.2, 0.25) is 0 Å². The van der Waals surface area contributed by atoms with Gasteiger partial charge in [-0.15, -0.1) is 0 Å². The maximum absolute atomic E-state index is 12.2. The highest BCUT2D eigenvalue weighted by Gasteiger charge is 2.33. The lowest BCUT2D eigenvalue weighted by Crippen LogP contribution is -2.25. The average molecular weight is 447 g/mol. The number of benzene rings is 2. The van der Waals surface area contributed by atoms with Gasteiger partial charge < -0.3 is 20.2 Å². The fourth-order valence-corrected chi connectivity index (χ4v) is 4.00. The number of amides is 1. The van der Waals surface area contributed by atoms with Crippen molar-refractivity contribution in [2.45, 2.75) is 51.0 Å². The summed E-state index contributed by atoms with van der Waals surface area (Å²) in [5, 5.41) is 15.0. The number of hydrogen-bond acceptors (Lipinski definition) is 4. The topological polar surface area (TPSA) is 91.6 Å². The van der Waals surface area contributed by atoms with Gasteiger partial charge in [-0.3, -0.25) is 9.59 Å². The number of carboxylic acids is 1. The number of aliphatic carboxylic acids is 1. The van der Waals surface area contributed by atoms with Crippen LogP contribution in [0.1, 0.15) is 72.7 Å². The maximum atomic E-state index is 12.2. The van der Waals surface area contributed by atoms with Gasteiger partial charge in [0.25, 0.3) is 5.91 Å². The van der Waals surface area contributed by atoms with Crippen LogP contribution in [0.4, 0.5) is 5.69 Å². The van der Waals surface area contributed by atoms with Crippen LogP contribution in [0.5, 0.6) is 0 Å². The SMILES string of the molecule is CCCC(Nc1ccc(C(=O)NCCC(=O)O)cc1)c1cc(-c2ccccc2)oc1C1CC1. The number of nitrogens with one attached hydrogen (secondary N) is 2. The van der Waals surface area contributed by atoms with E-state index in [4.69, 9.17) is 9.52 Å². The van der Waals surface area contributed by atoms with Crippen molar-refractivity contribution in [3.8, 4) is 11.3 Å². The van der Waals surface area contributed by atoms with Crippen molar-refractivity contribution in [3.63, 3.8) is 0 Å². The van der Waals surface area contributed by atoms with Crippen LogP contribution in [-0.2, 0) is 4.79 Å². The fraction of sp³-hybridized carbons (Fsp3) is 0.333. The van der Waals surface area contributed by atoms with E-state index in [2.05, 4.69) is 35.8 Å². The molecule has 6 nitrogen and oxygen atoms in total. The molecule has 3 N–H and O–H groups in total. The molecule has 172 valence electrons. The van der Waals surface area contributed by atoms with Gasteiger partial charge in [-0.1, -0.05) is 43.7 Å². The van der Waals surface area contributed by atoms with E-state index in [-0.39, 0.29) is 24.9 Å². The third-order valence-corrected chi connectivity index (χ3v) is 5.86. The van der Waals surface area contributed by atoms with Gasteiger partial charge in [0.05, 0.1) is 12.5 Å². The predicted molar refractivity (Wildman–Crippen MR) is 128 cm³/mol. The highest BCUT2D eigenvalue weighted by atomic mass is 16.4. The molecule has 2 aromatic carbocycles. The predicted octanol–water partition coefficient (Wildman–Crippen LogP) is 5.98. The molecule has 33 heavy (non-hydrogen) atoms. The number of rotatable bonds is 11. The molecule has 1 amide bonds. The first-order valence-electron chi connectivity index (χ1n) is 11.6. The molecule has 1 aromatic heterocycles. The first-order valence-corrected chi connectivity index (χ1v) is 11.6. The minimum absolute atomic E-state index is 0.0942. The number of carbonyl (C=O) groups is 2. The van der Waals surface area contributed by atoms with Gasteiger partial charge in [0, 0.05) is 34.8 Å². The van der Waals surface area contributed by atoms with Crippen molar-refractivity contribution in [1.82, 2.24) is 5.32 Å². The van der Waals surface area contributed by atoms with Crippen molar-refractivity contribution in [1.29, 1.82) is 0 Å². The molecule has 1 aliphatic rings. The van der Waals surface area contributed by atoms with E-state index in [0.29, 0.717) is 11.5 Å². The molecule has 3 aromatic rings. The molecule has 1 unspecified atom stereocenters. The highest BCUT2D eigenvalue weighted by Crippen LogP contribution is 2.46. The Morgan fingerprint density at radius 3 is 2.45 bits per heavy atom. The molecule has 1 atom stereocenters. The summed E-state index contributed by atoms with van der Waals surface area (Å²) in [7, 11) is 0. The molecule has 0 aliphatic heterocycles. The summed E-state index contributed by atoms with van der Waals surface area (Å²) < 4.78 is 6.36. The maximum Gasteiger partial charge on any atom is 0.305 e. The molecule has 1 saturated carbocycles. The average Bonchev–Trinajstić information content (AvgIpc) is 3.57. The van der Waals surface area contributed by atoms with Crippen LogP contribution < -0.4 is 10.6 Å². The summed E-state index contributed by atoms with van der Waals surface area (Å²) in [5.74, 6) is 1.29. The Balaban J connectivity index is 1.51. The van der Waals surface area contributed by atoms with Gasteiger partial charge in [-0.2, -0.15) is 0 Å². The molecule has 1 aliphatic carbocycles. The molecule has 0 saturated heterocycles. The Labute approximate surface area is 194 Å². The van der Waals surface area contributed by atoms with Crippen molar-refractivity contribution < 1.29 is 19.1 Å². The molecule has 0 radical (unpaired) electrons. The van der Waals surface area contributed by atoms with E-state index >= 15 is 0 Å². The minimum Gasteiger partial charge on any atom is -0.481 e. The number of anilines is 1. The van der Waals surface area contributed by atoms with Gasteiger partial charge in [-0.25, -0.2) is 0 Å². The second kappa shape index (κ2) is 10.4. The normalized spacial score (nSPS) is 14.0. The second-order valence-corrected chi connectivity index (χ2v) is 8.53. The molecular weight excluding hydrogens is 416 g/mol. The van der Waals surface area contributed by atoms with Gasteiger partial charge in [0.15, 0.2) is 0 Å². The van der Waals surface area contributed by atoms with Gasteiger partial charge in [-0.05, 0) is 49.6 Å². The summed E-state index contributed by atoms with van der Waals surface area (Å²) in [6.07, 6.45) is 4.23. The first-order chi connectivity index (χ1) is 16.0. The zero-order valence-electron chi connectivity index (χ0n) is 18.8. The van der Waals surface area contributed by atoms with Crippen LogP contribution in [0, 0.1) is 0 Å². The molecular formula is C27H30N2O4. The van der Waals surface area contributed by atoms with Crippen LogP contribution in [0.25, 0.3) is 11.3 Å². The van der Waals surface area contributed by atoms with E-state index < -0.39 is 5.97 Å². The van der Waals surface area contributed by atoms with Crippen LogP contribution >= 0.6 is 0 Å².